The predicted octanol–water partition coefficient (Wildman–Crippen LogP) is 2.28. The lowest BCUT2D eigenvalue weighted by molar-refractivity contribution is 0.486. The maximum absolute atomic E-state index is 4.14. The van der Waals surface area contributed by atoms with Gasteiger partial charge >= 0.3 is 0 Å². The summed E-state index contributed by atoms with van der Waals surface area (Å²) in [7, 11) is 0. The molecule has 5 heteroatoms. The molecule has 0 saturated carbocycles. The van der Waals surface area contributed by atoms with E-state index in [1.165, 1.54) is 11.1 Å². The van der Waals surface area contributed by atoms with Gasteiger partial charge < -0.3 is 5.32 Å². The zero-order valence-corrected chi connectivity index (χ0v) is 12.5. The maximum Gasteiger partial charge on any atom is 0.167 e. The summed E-state index contributed by atoms with van der Waals surface area (Å²) in [5.74, 6) is 0.908. The lowest BCUT2D eigenvalue weighted by atomic mass is 10.1. The maximum atomic E-state index is 4.14. The first-order valence-corrected chi connectivity index (χ1v) is 7.25. The van der Waals surface area contributed by atoms with Crippen molar-refractivity contribution in [3.63, 3.8) is 0 Å². The van der Waals surface area contributed by atoms with E-state index in [1.807, 2.05) is 4.68 Å². The third kappa shape index (κ3) is 3.87. The third-order valence-electron chi connectivity index (χ3n) is 3.34. The number of rotatable bonds is 7. The number of hydrogen-bond acceptors (Lipinski definition) is 4. The quantitative estimate of drug-likeness (QED) is 0.841. The fraction of sp³-hybridized carbons (Fsp3) is 0.533. The second-order valence-electron chi connectivity index (χ2n) is 5.18. The van der Waals surface area contributed by atoms with E-state index in [2.05, 4.69) is 65.9 Å². The summed E-state index contributed by atoms with van der Waals surface area (Å²) in [4.78, 5) is 0. The Bertz CT molecular complexity index is 535. The standard InChI is InChI=1S/C15H23N5/c1-4-9-16-13(3)15-17-18-19-20(15)10-8-14-7-5-6-12(2)11-14/h5-7,11,13,16H,4,8-10H2,1-3H3. The summed E-state index contributed by atoms with van der Waals surface area (Å²) in [6.45, 7) is 8.16. The van der Waals surface area contributed by atoms with Crippen molar-refractivity contribution in [2.45, 2.75) is 46.2 Å². The van der Waals surface area contributed by atoms with Crippen LogP contribution in [0.3, 0.4) is 0 Å². The van der Waals surface area contributed by atoms with Crippen LogP contribution in [-0.2, 0) is 13.0 Å². The highest BCUT2D eigenvalue weighted by atomic mass is 15.5. The van der Waals surface area contributed by atoms with E-state index < -0.39 is 0 Å². The molecule has 0 bridgehead atoms. The molecule has 0 radical (unpaired) electrons. The molecule has 108 valence electrons. The molecule has 0 aliphatic heterocycles. The number of nitrogens with zero attached hydrogens (tertiary/aromatic N) is 4. The monoisotopic (exact) mass is 273 g/mol. The van der Waals surface area contributed by atoms with Crippen molar-refractivity contribution in [1.82, 2.24) is 25.5 Å². The SMILES string of the molecule is CCCNC(C)c1nnnn1CCc1cccc(C)c1. The first-order chi connectivity index (χ1) is 9.70. The molecule has 1 aromatic carbocycles. The minimum Gasteiger partial charge on any atom is -0.307 e. The number of aromatic nitrogens is 4. The smallest absolute Gasteiger partial charge is 0.167 e. The van der Waals surface area contributed by atoms with Crippen LogP contribution in [0.4, 0.5) is 0 Å². The van der Waals surface area contributed by atoms with E-state index in [4.69, 9.17) is 0 Å². The molecule has 1 unspecified atom stereocenters. The Morgan fingerprint density at radius 1 is 1.35 bits per heavy atom. The number of nitrogens with one attached hydrogen (secondary N) is 1. The van der Waals surface area contributed by atoms with Gasteiger partial charge in [0.1, 0.15) is 0 Å². The average Bonchev–Trinajstić information content (AvgIpc) is 2.91. The van der Waals surface area contributed by atoms with Crippen LogP contribution in [0.15, 0.2) is 24.3 Å². The lowest BCUT2D eigenvalue weighted by Gasteiger charge is -2.13. The topological polar surface area (TPSA) is 55.6 Å². The zero-order chi connectivity index (χ0) is 14.4. The highest BCUT2D eigenvalue weighted by Gasteiger charge is 2.13. The summed E-state index contributed by atoms with van der Waals surface area (Å²) in [5, 5.41) is 15.5. The Morgan fingerprint density at radius 3 is 2.95 bits per heavy atom. The number of hydrogen-bond donors (Lipinski definition) is 1. The van der Waals surface area contributed by atoms with Crippen molar-refractivity contribution in [3.05, 3.63) is 41.2 Å². The first-order valence-electron chi connectivity index (χ1n) is 7.25. The van der Waals surface area contributed by atoms with Crippen molar-refractivity contribution < 1.29 is 0 Å². The predicted molar refractivity (Wildman–Crippen MR) is 79.4 cm³/mol. The van der Waals surface area contributed by atoms with Gasteiger partial charge in [-0.2, -0.15) is 0 Å². The van der Waals surface area contributed by atoms with Gasteiger partial charge in [-0.3, -0.25) is 0 Å². The zero-order valence-electron chi connectivity index (χ0n) is 12.5. The molecular formula is C15H23N5. The molecule has 20 heavy (non-hydrogen) atoms. The van der Waals surface area contributed by atoms with Gasteiger partial charge in [0, 0.05) is 6.54 Å². The summed E-state index contributed by atoms with van der Waals surface area (Å²) in [6, 6.07) is 8.75. The van der Waals surface area contributed by atoms with E-state index in [9.17, 15) is 0 Å². The Hall–Kier alpha value is -1.75. The molecule has 0 fully saturated rings. The number of tetrazole rings is 1. The molecule has 0 aliphatic rings. The van der Waals surface area contributed by atoms with Gasteiger partial charge in [0.15, 0.2) is 5.82 Å². The van der Waals surface area contributed by atoms with Crippen molar-refractivity contribution in [2.75, 3.05) is 6.54 Å². The van der Waals surface area contributed by atoms with Crippen LogP contribution in [-0.4, -0.2) is 26.8 Å². The van der Waals surface area contributed by atoms with Gasteiger partial charge in [0.2, 0.25) is 0 Å². The van der Waals surface area contributed by atoms with E-state index in [0.717, 1.165) is 31.8 Å². The Labute approximate surface area is 120 Å². The van der Waals surface area contributed by atoms with Gasteiger partial charge in [-0.1, -0.05) is 36.8 Å². The Kier molecular flexibility index (Phi) is 5.24. The summed E-state index contributed by atoms with van der Waals surface area (Å²) in [5.41, 5.74) is 2.61. The van der Waals surface area contributed by atoms with Gasteiger partial charge in [0.25, 0.3) is 0 Å². The highest BCUT2D eigenvalue weighted by Crippen LogP contribution is 2.10. The molecule has 0 spiro atoms. The van der Waals surface area contributed by atoms with Crippen molar-refractivity contribution in [1.29, 1.82) is 0 Å². The molecule has 1 aromatic heterocycles. The number of aryl methyl sites for hydroxylation is 3. The highest BCUT2D eigenvalue weighted by molar-refractivity contribution is 5.22. The van der Waals surface area contributed by atoms with E-state index in [1.54, 1.807) is 0 Å². The van der Waals surface area contributed by atoms with Gasteiger partial charge in [-0.25, -0.2) is 4.68 Å². The molecule has 1 heterocycles. The van der Waals surface area contributed by atoms with E-state index in [0.29, 0.717) is 0 Å². The molecular weight excluding hydrogens is 250 g/mol. The number of benzene rings is 1. The normalized spacial score (nSPS) is 12.6. The van der Waals surface area contributed by atoms with Gasteiger partial charge in [0.05, 0.1) is 6.04 Å². The molecule has 2 rings (SSSR count). The summed E-state index contributed by atoms with van der Waals surface area (Å²) >= 11 is 0. The second-order valence-corrected chi connectivity index (χ2v) is 5.18. The molecule has 1 N–H and O–H groups in total. The van der Waals surface area contributed by atoms with E-state index in [-0.39, 0.29) is 6.04 Å². The lowest BCUT2D eigenvalue weighted by Crippen LogP contribution is -2.23. The summed E-state index contributed by atoms with van der Waals surface area (Å²) in [6.07, 6.45) is 2.05. The van der Waals surface area contributed by atoms with Crippen LogP contribution in [0.2, 0.25) is 0 Å². The largest absolute Gasteiger partial charge is 0.307 e. The van der Waals surface area contributed by atoms with Gasteiger partial charge in [-0.05, 0) is 49.2 Å². The molecule has 5 nitrogen and oxygen atoms in total. The van der Waals surface area contributed by atoms with Crippen LogP contribution in [0.1, 0.15) is 43.3 Å². The molecule has 1 atom stereocenters. The minimum absolute atomic E-state index is 0.183. The van der Waals surface area contributed by atoms with Crippen LogP contribution in [0.5, 0.6) is 0 Å². The first kappa shape index (κ1) is 14.7. The fourth-order valence-corrected chi connectivity index (χ4v) is 2.24. The van der Waals surface area contributed by atoms with Gasteiger partial charge in [-0.15, -0.1) is 5.10 Å². The van der Waals surface area contributed by atoms with Crippen LogP contribution >= 0.6 is 0 Å². The van der Waals surface area contributed by atoms with Crippen LogP contribution in [0.25, 0.3) is 0 Å². The average molecular weight is 273 g/mol. The van der Waals surface area contributed by atoms with Crippen LogP contribution in [0, 0.1) is 6.92 Å². The van der Waals surface area contributed by atoms with Crippen molar-refractivity contribution in [2.24, 2.45) is 0 Å². The van der Waals surface area contributed by atoms with E-state index >= 15 is 0 Å². The molecule has 0 aliphatic carbocycles. The second kappa shape index (κ2) is 7.14. The fourth-order valence-electron chi connectivity index (χ4n) is 2.24. The Balaban J connectivity index is 1.98. The van der Waals surface area contributed by atoms with Crippen molar-refractivity contribution >= 4 is 0 Å². The molecule has 2 aromatic rings. The third-order valence-corrected chi connectivity index (χ3v) is 3.34. The van der Waals surface area contributed by atoms with Crippen molar-refractivity contribution in [3.8, 4) is 0 Å². The molecule has 0 saturated heterocycles. The van der Waals surface area contributed by atoms with Crippen LogP contribution < -0.4 is 5.32 Å². The minimum atomic E-state index is 0.183. The summed E-state index contributed by atoms with van der Waals surface area (Å²) < 4.78 is 1.90. The Morgan fingerprint density at radius 2 is 2.20 bits per heavy atom. The molecule has 0 amide bonds.